The first-order valence-electron chi connectivity index (χ1n) is 3.83. The molecule has 0 saturated heterocycles. The largest absolute Gasteiger partial charge is 0.478 e. The normalized spacial score (nSPS) is 19.3. The highest BCUT2D eigenvalue weighted by molar-refractivity contribution is 9.12. The first-order chi connectivity index (χ1) is 6.99. The summed E-state index contributed by atoms with van der Waals surface area (Å²) in [7, 11) is 1.51. The summed E-state index contributed by atoms with van der Waals surface area (Å²) in [6.45, 7) is 0. The Hall–Kier alpha value is -1.14. The van der Waals surface area contributed by atoms with E-state index in [0.29, 0.717) is 4.48 Å². The molecule has 80 valence electrons. The van der Waals surface area contributed by atoms with Crippen molar-refractivity contribution in [3.63, 3.8) is 0 Å². The Morgan fingerprint density at radius 1 is 1.73 bits per heavy atom. The van der Waals surface area contributed by atoms with Crippen LogP contribution >= 0.6 is 27.5 Å². The van der Waals surface area contributed by atoms with Crippen LogP contribution in [0.1, 0.15) is 0 Å². The molecule has 1 aliphatic rings. The molecule has 0 aromatic rings. The summed E-state index contributed by atoms with van der Waals surface area (Å²) in [5, 5.41) is 20.3. The Balaban J connectivity index is 3.38. The lowest BCUT2D eigenvalue weighted by molar-refractivity contribution is -0.132. The summed E-state index contributed by atoms with van der Waals surface area (Å²) in [6, 6.07) is 0. The van der Waals surface area contributed by atoms with Crippen molar-refractivity contribution in [1.82, 2.24) is 5.43 Å². The fourth-order valence-electron chi connectivity index (χ4n) is 1.03. The minimum absolute atomic E-state index is 0.00405. The number of carboxylic acid groups (broad SMARTS) is 1. The molecule has 0 radical (unpaired) electrons. The second kappa shape index (κ2) is 4.59. The van der Waals surface area contributed by atoms with Gasteiger partial charge in [-0.25, -0.2) is 4.79 Å². The number of allylic oxidation sites excluding steroid dienone is 3. The molecule has 0 unspecified atom stereocenters. The van der Waals surface area contributed by atoms with Crippen LogP contribution in [0.25, 0.3) is 0 Å². The van der Waals surface area contributed by atoms with Crippen LogP contribution in [0.2, 0.25) is 0 Å². The molecular formula is C8H7BrClN3O2. The highest BCUT2D eigenvalue weighted by atomic mass is 79.9. The van der Waals surface area contributed by atoms with Gasteiger partial charge in [-0.15, -0.1) is 0 Å². The topological polar surface area (TPSA) is 85.5 Å². The van der Waals surface area contributed by atoms with Gasteiger partial charge in [-0.3, -0.25) is 5.41 Å². The molecule has 0 fully saturated rings. The third-order valence-corrected chi connectivity index (χ3v) is 2.57. The highest BCUT2D eigenvalue weighted by Gasteiger charge is 2.28. The molecule has 0 amide bonds. The maximum absolute atomic E-state index is 10.9. The Morgan fingerprint density at radius 2 is 2.33 bits per heavy atom. The van der Waals surface area contributed by atoms with Gasteiger partial charge in [-0.2, -0.15) is 5.10 Å². The van der Waals surface area contributed by atoms with Gasteiger partial charge in [0, 0.05) is 11.5 Å². The van der Waals surface area contributed by atoms with Crippen molar-refractivity contribution < 1.29 is 9.90 Å². The van der Waals surface area contributed by atoms with Crippen LogP contribution in [0, 0.1) is 5.41 Å². The molecule has 1 rings (SSSR count). The number of hydrogen-bond acceptors (Lipinski definition) is 4. The van der Waals surface area contributed by atoms with E-state index in [-0.39, 0.29) is 22.0 Å². The maximum Gasteiger partial charge on any atom is 0.339 e. The summed E-state index contributed by atoms with van der Waals surface area (Å²) < 4.78 is 0.395. The SMILES string of the molecule is CN/N=C1\C(=N)C(Br)=CC(Cl)=C1C(=O)O. The number of nitrogens with one attached hydrogen (secondary N) is 2. The molecule has 1 aliphatic carbocycles. The van der Waals surface area contributed by atoms with Gasteiger partial charge in [-0.1, -0.05) is 11.6 Å². The molecule has 0 aromatic carbocycles. The van der Waals surface area contributed by atoms with Gasteiger partial charge in [0.05, 0.1) is 10.7 Å². The number of carbonyl (C=O) groups is 1. The van der Waals surface area contributed by atoms with Crippen LogP contribution in [0.4, 0.5) is 0 Å². The summed E-state index contributed by atoms with van der Waals surface area (Å²) in [5.74, 6) is -1.21. The molecule has 0 aromatic heterocycles. The van der Waals surface area contributed by atoms with E-state index < -0.39 is 5.97 Å². The fraction of sp³-hybridized carbons (Fsp3) is 0.125. The standard InChI is InChI=1S/C8H7BrClN3O2/c1-12-13-7-5(8(14)15)4(10)2-3(9)6(7)11/h2,11-12H,1H3,(H,14,15)/b11-6?,13-7-. The molecular weight excluding hydrogens is 285 g/mol. The van der Waals surface area contributed by atoms with Crippen molar-refractivity contribution in [2.24, 2.45) is 5.10 Å². The zero-order valence-corrected chi connectivity index (χ0v) is 9.98. The molecule has 0 atom stereocenters. The summed E-state index contributed by atoms with van der Waals surface area (Å²) in [6.07, 6.45) is 1.36. The van der Waals surface area contributed by atoms with Gasteiger partial charge in [0.15, 0.2) is 0 Å². The summed E-state index contributed by atoms with van der Waals surface area (Å²) in [4.78, 5) is 10.9. The van der Waals surface area contributed by atoms with Crippen molar-refractivity contribution in [3.05, 3.63) is 21.2 Å². The monoisotopic (exact) mass is 291 g/mol. The first-order valence-corrected chi connectivity index (χ1v) is 5.00. The van der Waals surface area contributed by atoms with E-state index >= 15 is 0 Å². The third-order valence-electron chi connectivity index (χ3n) is 1.64. The van der Waals surface area contributed by atoms with Gasteiger partial charge in [0.2, 0.25) is 0 Å². The third kappa shape index (κ3) is 2.27. The first kappa shape index (κ1) is 11.9. The van der Waals surface area contributed by atoms with Crippen LogP contribution < -0.4 is 5.43 Å². The van der Waals surface area contributed by atoms with Crippen LogP contribution in [-0.2, 0) is 4.79 Å². The highest BCUT2D eigenvalue weighted by Crippen LogP contribution is 2.25. The summed E-state index contributed by atoms with van der Waals surface area (Å²) in [5.41, 5.74) is 2.24. The zero-order valence-electron chi connectivity index (χ0n) is 7.64. The van der Waals surface area contributed by atoms with Crippen molar-refractivity contribution >= 4 is 44.9 Å². The Morgan fingerprint density at radius 3 is 2.80 bits per heavy atom. The van der Waals surface area contributed by atoms with E-state index in [1.165, 1.54) is 13.1 Å². The van der Waals surface area contributed by atoms with E-state index in [9.17, 15) is 4.79 Å². The Bertz CT molecular complexity index is 426. The second-order valence-electron chi connectivity index (χ2n) is 2.58. The molecule has 15 heavy (non-hydrogen) atoms. The van der Waals surface area contributed by atoms with Crippen LogP contribution in [-0.4, -0.2) is 29.5 Å². The molecule has 0 spiro atoms. The lowest BCUT2D eigenvalue weighted by Gasteiger charge is -2.14. The van der Waals surface area contributed by atoms with Crippen molar-refractivity contribution in [2.45, 2.75) is 0 Å². The lowest BCUT2D eigenvalue weighted by Crippen LogP contribution is -2.27. The number of carboxylic acids is 1. The second-order valence-corrected chi connectivity index (χ2v) is 3.84. The quantitative estimate of drug-likeness (QED) is 0.532. The van der Waals surface area contributed by atoms with Crippen molar-refractivity contribution in [1.29, 1.82) is 5.41 Å². The number of rotatable bonds is 2. The number of nitrogens with zero attached hydrogens (tertiary/aromatic N) is 1. The predicted octanol–water partition coefficient (Wildman–Crippen LogP) is 1.45. The van der Waals surface area contributed by atoms with E-state index in [4.69, 9.17) is 22.1 Å². The van der Waals surface area contributed by atoms with Crippen molar-refractivity contribution in [3.8, 4) is 0 Å². The minimum atomic E-state index is -1.21. The lowest BCUT2D eigenvalue weighted by atomic mass is 10.0. The van der Waals surface area contributed by atoms with E-state index in [2.05, 4.69) is 26.5 Å². The summed E-state index contributed by atoms with van der Waals surface area (Å²) >= 11 is 8.85. The predicted molar refractivity (Wildman–Crippen MR) is 61.7 cm³/mol. The fourth-order valence-corrected chi connectivity index (χ4v) is 1.86. The van der Waals surface area contributed by atoms with E-state index in [0.717, 1.165) is 0 Å². The smallest absolute Gasteiger partial charge is 0.339 e. The number of hydrogen-bond donors (Lipinski definition) is 3. The van der Waals surface area contributed by atoms with Crippen LogP contribution in [0.15, 0.2) is 26.3 Å². The molecule has 0 bridgehead atoms. The van der Waals surface area contributed by atoms with Gasteiger partial charge >= 0.3 is 5.97 Å². The average molecular weight is 293 g/mol. The molecule has 3 N–H and O–H groups in total. The van der Waals surface area contributed by atoms with Crippen LogP contribution in [0.3, 0.4) is 0 Å². The van der Waals surface area contributed by atoms with Gasteiger partial charge in [0.25, 0.3) is 0 Å². The average Bonchev–Trinajstić information content (AvgIpc) is 2.13. The zero-order chi connectivity index (χ0) is 11.6. The van der Waals surface area contributed by atoms with Gasteiger partial charge in [0.1, 0.15) is 11.3 Å². The van der Waals surface area contributed by atoms with Gasteiger partial charge < -0.3 is 10.5 Å². The van der Waals surface area contributed by atoms with Gasteiger partial charge in [-0.05, 0) is 22.0 Å². The molecule has 5 nitrogen and oxygen atoms in total. The van der Waals surface area contributed by atoms with E-state index in [1.54, 1.807) is 0 Å². The molecule has 0 saturated carbocycles. The number of halogens is 2. The number of hydrazone groups is 1. The minimum Gasteiger partial charge on any atom is -0.478 e. The number of aliphatic carboxylic acids is 1. The van der Waals surface area contributed by atoms with Crippen LogP contribution in [0.5, 0.6) is 0 Å². The molecule has 7 heteroatoms. The Labute approximate surface area is 99.1 Å². The maximum atomic E-state index is 10.9. The van der Waals surface area contributed by atoms with E-state index in [1.807, 2.05) is 0 Å². The molecule has 0 heterocycles. The van der Waals surface area contributed by atoms with Crippen molar-refractivity contribution in [2.75, 3.05) is 7.05 Å². The molecule has 0 aliphatic heterocycles. The Kier molecular flexibility index (Phi) is 3.65.